The minimum atomic E-state index is 0.293. The van der Waals surface area contributed by atoms with Gasteiger partial charge in [0.15, 0.2) is 6.29 Å². The Morgan fingerprint density at radius 2 is 2.20 bits per heavy atom. The van der Waals surface area contributed by atoms with Crippen LogP contribution in [0.5, 0.6) is 5.75 Å². The van der Waals surface area contributed by atoms with Gasteiger partial charge in [-0.15, -0.1) is 9.90 Å². The molecule has 0 bridgehead atoms. The summed E-state index contributed by atoms with van der Waals surface area (Å²) in [4.78, 5) is 11.8. The van der Waals surface area contributed by atoms with Crippen molar-refractivity contribution in [3.05, 3.63) is 36.2 Å². The van der Waals surface area contributed by atoms with Gasteiger partial charge in [-0.05, 0) is 12.1 Å². The molecule has 15 heavy (non-hydrogen) atoms. The van der Waals surface area contributed by atoms with E-state index in [1.807, 2.05) is 18.2 Å². The SMILES string of the molecule is COc1ccccc1-n1ncc(C=O)n1. The lowest BCUT2D eigenvalue weighted by atomic mass is 10.3. The van der Waals surface area contributed by atoms with Crippen LogP contribution in [0.2, 0.25) is 0 Å². The first-order valence-electron chi connectivity index (χ1n) is 4.36. The van der Waals surface area contributed by atoms with E-state index in [0.29, 0.717) is 23.4 Å². The van der Waals surface area contributed by atoms with E-state index < -0.39 is 0 Å². The molecule has 0 saturated heterocycles. The van der Waals surface area contributed by atoms with Crippen molar-refractivity contribution in [2.45, 2.75) is 0 Å². The predicted molar refractivity (Wildman–Crippen MR) is 53.3 cm³/mol. The number of carbonyl (C=O) groups excluding carboxylic acids is 1. The van der Waals surface area contributed by atoms with Gasteiger partial charge in [0.2, 0.25) is 0 Å². The Morgan fingerprint density at radius 1 is 1.40 bits per heavy atom. The van der Waals surface area contributed by atoms with Crippen molar-refractivity contribution >= 4 is 6.29 Å². The number of carbonyl (C=O) groups is 1. The molecular formula is C10H9N3O2. The minimum absolute atomic E-state index is 0.293. The molecule has 0 atom stereocenters. The Labute approximate surface area is 86.3 Å². The molecular weight excluding hydrogens is 194 g/mol. The third-order valence-corrected chi connectivity index (χ3v) is 1.93. The first-order chi connectivity index (χ1) is 7.35. The second-order valence-electron chi connectivity index (χ2n) is 2.85. The Bertz CT molecular complexity index is 479. The molecule has 1 heterocycles. The molecule has 0 saturated carbocycles. The van der Waals surface area contributed by atoms with Gasteiger partial charge in [0, 0.05) is 0 Å². The maximum absolute atomic E-state index is 10.5. The third kappa shape index (κ3) is 1.71. The Balaban J connectivity index is 2.48. The number of benzene rings is 1. The Kier molecular flexibility index (Phi) is 2.45. The number of rotatable bonds is 3. The van der Waals surface area contributed by atoms with Gasteiger partial charge in [-0.3, -0.25) is 4.79 Å². The first-order valence-corrected chi connectivity index (χ1v) is 4.36. The van der Waals surface area contributed by atoms with Crippen LogP contribution in [0.4, 0.5) is 0 Å². The number of hydrogen-bond acceptors (Lipinski definition) is 4. The van der Waals surface area contributed by atoms with Crippen LogP contribution >= 0.6 is 0 Å². The molecule has 0 aliphatic heterocycles. The summed E-state index contributed by atoms with van der Waals surface area (Å²) in [5.41, 5.74) is 0.994. The van der Waals surface area contributed by atoms with Crippen molar-refractivity contribution in [1.29, 1.82) is 0 Å². The highest BCUT2D eigenvalue weighted by atomic mass is 16.5. The Hall–Kier alpha value is -2.17. The number of para-hydroxylation sites is 2. The molecule has 0 spiro atoms. The number of nitrogens with zero attached hydrogens (tertiary/aromatic N) is 3. The predicted octanol–water partition coefficient (Wildman–Crippen LogP) is 1.09. The van der Waals surface area contributed by atoms with Gasteiger partial charge in [-0.25, -0.2) is 0 Å². The number of hydrogen-bond donors (Lipinski definition) is 0. The van der Waals surface area contributed by atoms with Gasteiger partial charge >= 0.3 is 0 Å². The van der Waals surface area contributed by atoms with Crippen LogP contribution in [0.1, 0.15) is 10.5 Å². The number of ether oxygens (including phenoxy) is 1. The summed E-state index contributed by atoms with van der Waals surface area (Å²) >= 11 is 0. The second kappa shape index (κ2) is 3.91. The topological polar surface area (TPSA) is 57.0 Å². The fourth-order valence-corrected chi connectivity index (χ4v) is 1.24. The van der Waals surface area contributed by atoms with E-state index in [-0.39, 0.29) is 0 Å². The summed E-state index contributed by atoms with van der Waals surface area (Å²) in [6.07, 6.45) is 2.05. The quantitative estimate of drug-likeness (QED) is 0.700. The molecule has 0 fully saturated rings. The van der Waals surface area contributed by atoms with Crippen LogP contribution in [-0.4, -0.2) is 28.4 Å². The average molecular weight is 203 g/mol. The monoisotopic (exact) mass is 203 g/mol. The van der Waals surface area contributed by atoms with E-state index in [2.05, 4.69) is 10.2 Å². The summed E-state index contributed by atoms with van der Waals surface area (Å²) < 4.78 is 5.15. The molecule has 1 aromatic carbocycles. The van der Waals surface area contributed by atoms with Crippen LogP contribution in [0, 0.1) is 0 Å². The van der Waals surface area contributed by atoms with Crippen molar-refractivity contribution in [2.24, 2.45) is 0 Å². The van der Waals surface area contributed by atoms with Gasteiger partial charge in [0.05, 0.1) is 13.3 Å². The van der Waals surface area contributed by atoms with E-state index >= 15 is 0 Å². The molecule has 1 aromatic heterocycles. The molecule has 2 rings (SSSR count). The van der Waals surface area contributed by atoms with E-state index in [1.54, 1.807) is 13.2 Å². The van der Waals surface area contributed by atoms with Crippen molar-refractivity contribution < 1.29 is 9.53 Å². The molecule has 5 nitrogen and oxygen atoms in total. The van der Waals surface area contributed by atoms with Crippen LogP contribution in [0.15, 0.2) is 30.5 Å². The van der Waals surface area contributed by atoms with Gasteiger partial charge in [-0.2, -0.15) is 5.10 Å². The smallest absolute Gasteiger partial charge is 0.171 e. The molecule has 0 amide bonds. The Morgan fingerprint density at radius 3 is 2.87 bits per heavy atom. The fraction of sp³-hybridized carbons (Fsp3) is 0.100. The summed E-state index contributed by atoms with van der Waals surface area (Å²) in [5, 5.41) is 7.93. The van der Waals surface area contributed by atoms with Crippen LogP contribution in [-0.2, 0) is 0 Å². The summed E-state index contributed by atoms with van der Waals surface area (Å²) in [6, 6.07) is 7.32. The third-order valence-electron chi connectivity index (χ3n) is 1.93. The van der Waals surface area contributed by atoms with Crippen LogP contribution in [0.25, 0.3) is 5.69 Å². The summed E-state index contributed by atoms with van der Waals surface area (Å²) in [5.74, 6) is 0.658. The van der Waals surface area contributed by atoms with E-state index in [4.69, 9.17) is 4.74 Å². The number of aromatic nitrogens is 3. The van der Waals surface area contributed by atoms with Gasteiger partial charge in [-0.1, -0.05) is 12.1 Å². The zero-order valence-corrected chi connectivity index (χ0v) is 8.12. The largest absolute Gasteiger partial charge is 0.494 e. The lowest BCUT2D eigenvalue weighted by Gasteiger charge is -2.05. The molecule has 0 unspecified atom stereocenters. The lowest BCUT2D eigenvalue weighted by molar-refractivity contribution is 0.111. The van der Waals surface area contributed by atoms with Gasteiger partial charge in [0.1, 0.15) is 17.1 Å². The van der Waals surface area contributed by atoms with Crippen LogP contribution in [0.3, 0.4) is 0 Å². The fourth-order valence-electron chi connectivity index (χ4n) is 1.24. The van der Waals surface area contributed by atoms with Crippen LogP contribution < -0.4 is 4.74 Å². The van der Waals surface area contributed by atoms with Gasteiger partial charge < -0.3 is 4.74 Å². The normalized spacial score (nSPS) is 9.93. The number of methoxy groups -OCH3 is 1. The van der Waals surface area contributed by atoms with E-state index in [9.17, 15) is 4.79 Å². The van der Waals surface area contributed by atoms with Gasteiger partial charge in [0.25, 0.3) is 0 Å². The molecule has 0 aliphatic rings. The highest BCUT2D eigenvalue weighted by molar-refractivity contribution is 5.70. The first kappa shape index (κ1) is 9.39. The second-order valence-corrected chi connectivity index (χ2v) is 2.85. The molecule has 76 valence electrons. The molecule has 0 radical (unpaired) electrons. The van der Waals surface area contributed by atoms with E-state index in [1.165, 1.54) is 11.0 Å². The standard InChI is InChI=1S/C10H9N3O2/c1-15-10-5-3-2-4-9(10)13-11-6-8(7-14)12-13/h2-7H,1H3. The maximum Gasteiger partial charge on any atom is 0.171 e. The zero-order valence-electron chi connectivity index (χ0n) is 8.12. The highest BCUT2D eigenvalue weighted by Gasteiger charge is 2.06. The summed E-state index contributed by atoms with van der Waals surface area (Å²) in [7, 11) is 1.57. The number of aldehydes is 1. The van der Waals surface area contributed by atoms with Crippen molar-refractivity contribution in [3.63, 3.8) is 0 Å². The molecule has 2 aromatic rings. The minimum Gasteiger partial charge on any atom is -0.494 e. The van der Waals surface area contributed by atoms with Crippen molar-refractivity contribution in [2.75, 3.05) is 7.11 Å². The van der Waals surface area contributed by atoms with E-state index in [0.717, 1.165) is 0 Å². The molecule has 0 aliphatic carbocycles. The highest BCUT2D eigenvalue weighted by Crippen LogP contribution is 2.19. The zero-order chi connectivity index (χ0) is 10.7. The maximum atomic E-state index is 10.5. The average Bonchev–Trinajstić information content (AvgIpc) is 2.77. The van der Waals surface area contributed by atoms with Crippen molar-refractivity contribution in [1.82, 2.24) is 15.0 Å². The lowest BCUT2D eigenvalue weighted by Crippen LogP contribution is -2.01. The molecule has 0 N–H and O–H groups in total. The molecule has 5 heteroatoms. The summed E-state index contributed by atoms with van der Waals surface area (Å²) in [6.45, 7) is 0. The van der Waals surface area contributed by atoms with Crippen molar-refractivity contribution in [3.8, 4) is 11.4 Å².